The van der Waals surface area contributed by atoms with Crippen LogP contribution >= 0.6 is 0 Å². The standard InChI is InChI=1S/C8H12O2/c1-5-2-6-3-7(5)8(9)10-4-6/h5-7H,2-4H2,1H3/t5-,6-,7-/m1/s1. The number of rotatable bonds is 0. The van der Waals surface area contributed by atoms with Crippen LogP contribution in [0.3, 0.4) is 0 Å². The first-order valence-corrected chi connectivity index (χ1v) is 3.94. The highest BCUT2D eigenvalue weighted by Crippen LogP contribution is 2.40. The fourth-order valence-corrected chi connectivity index (χ4v) is 2.15. The Bertz CT molecular complexity index is 165. The topological polar surface area (TPSA) is 26.3 Å². The molecule has 2 aliphatic rings. The summed E-state index contributed by atoms with van der Waals surface area (Å²) < 4.78 is 5.00. The first-order valence-electron chi connectivity index (χ1n) is 3.94. The normalized spacial score (nSPS) is 45.3. The van der Waals surface area contributed by atoms with Crippen molar-refractivity contribution in [1.82, 2.24) is 0 Å². The highest BCUT2D eigenvalue weighted by atomic mass is 16.5. The molecule has 0 unspecified atom stereocenters. The average molecular weight is 140 g/mol. The zero-order chi connectivity index (χ0) is 7.14. The Hall–Kier alpha value is -0.530. The molecule has 2 heteroatoms. The maximum atomic E-state index is 11.0. The van der Waals surface area contributed by atoms with Crippen LogP contribution in [0.1, 0.15) is 19.8 Å². The Balaban J connectivity index is 2.17. The number of carbonyl (C=O) groups excluding carboxylic acids is 1. The molecule has 0 aromatic heterocycles. The third-order valence-corrected chi connectivity index (χ3v) is 2.74. The van der Waals surface area contributed by atoms with Gasteiger partial charge in [0.15, 0.2) is 0 Å². The van der Waals surface area contributed by atoms with Crippen LogP contribution in [0.25, 0.3) is 0 Å². The van der Waals surface area contributed by atoms with E-state index in [-0.39, 0.29) is 11.9 Å². The van der Waals surface area contributed by atoms with E-state index in [4.69, 9.17) is 4.74 Å². The van der Waals surface area contributed by atoms with Crippen molar-refractivity contribution in [2.75, 3.05) is 6.61 Å². The molecule has 0 aromatic rings. The monoisotopic (exact) mass is 140 g/mol. The number of ether oxygens (including phenoxy) is 1. The quantitative estimate of drug-likeness (QED) is 0.473. The Morgan fingerprint density at radius 1 is 1.50 bits per heavy atom. The lowest BCUT2D eigenvalue weighted by molar-refractivity contribution is -0.153. The molecule has 2 bridgehead atoms. The van der Waals surface area contributed by atoms with Crippen molar-refractivity contribution in [2.24, 2.45) is 17.8 Å². The molecule has 0 aromatic carbocycles. The molecule has 1 heterocycles. The van der Waals surface area contributed by atoms with Gasteiger partial charge in [-0.25, -0.2) is 0 Å². The molecule has 3 atom stereocenters. The van der Waals surface area contributed by atoms with E-state index in [0.717, 1.165) is 6.42 Å². The fraction of sp³-hybridized carbons (Fsp3) is 0.875. The summed E-state index contributed by atoms with van der Waals surface area (Å²) in [5.74, 6) is 1.53. The zero-order valence-electron chi connectivity index (χ0n) is 6.17. The lowest BCUT2D eigenvalue weighted by atomic mass is 9.98. The van der Waals surface area contributed by atoms with Gasteiger partial charge in [-0.2, -0.15) is 0 Å². The molecule has 0 N–H and O–H groups in total. The largest absolute Gasteiger partial charge is 0.465 e. The van der Waals surface area contributed by atoms with E-state index in [0.29, 0.717) is 18.4 Å². The highest BCUT2D eigenvalue weighted by molar-refractivity contribution is 5.74. The second-order valence-corrected chi connectivity index (χ2v) is 3.55. The molecule has 2 fully saturated rings. The molecule has 0 radical (unpaired) electrons. The molecule has 0 spiro atoms. The van der Waals surface area contributed by atoms with Crippen molar-refractivity contribution >= 4 is 5.97 Å². The number of carbonyl (C=O) groups is 1. The van der Waals surface area contributed by atoms with Crippen molar-refractivity contribution in [3.05, 3.63) is 0 Å². The number of hydrogen-bond donors (Lipinski definition) is 0. The van der Waals surface area contributed by atoms with Crippen molar-refractivity contribution < 1.29 is 9.53 Å². The van der Waals surface area contributed by atoms with Crippen LogP contribution < -0.4 is 0 Å². The lowest BCUT2D eigenvalue weighted by Crippen LogP contribution is -2.25. The zero-order valence-corrected chi connectivity index (χ0v) is 6.17. The van der Waals surface area contributed by atoms with Crippen LogP contribution in [0, 0.1) is 17.8 Å². The minimum Gasteiger partial charge on any atom is -0.465 e. The number of cyclic esters (lactones) is 1. The first kappa shape index (κ1) is 6.20. The summed E-state index contributed by atoms with van der Waals surface area (Å²) in [5.41, 5.74) is 0. The minimum absolute atomic E-state index is 0.0428. The van der Waals surface area contributed by atoms with Gasteiger partial charge < -0.3 is 4.74 Å². The number of fused-ring (bicyclic) bond motifs is 2. The minimum atomic E-state index is 0.0428. The molecule has 2 nitrogen and oxygen atoms in total. The summed E-state index contributed by atoms with van der Waals surface area (Å²) in [4.78, 5) is 11.0. The molecule has 0 amide bonds. The SMILES string of the molecule is C[C@@H]1C[C@H]2COC(=O)[C@@H]1C2. The van der Waals surface area contributed by atoms with Gasteiger partial charge in [0.1, 0.15) is 0 Å². The van der Waals surface area contributed by atoms with E-state index in [9.17, 15) is 4.79 Å². The maximum absolute atomic E-state index is 11.0. The van der Waals surface area contributed by atoms with Crippen LogP contribution in [0.4, 0.5) is 0 Å². The smallest absolute Gasteiger partial charge is 0.309 e. The second kappa shape index (κ2) is 1.97. The maximum Gasteiger partial charge on any atom is 0.309 e. The average Bonchev–Trinajstić information content (AvgIpc) is 2.21. The Labute approximate surface area is 60.6 Å². The van der Waals surface area contributed by atoms with Crippen molar-refractivity contribution in [3.63, 3.8) is 0 Å². The molecule has 1 aliphatic heterocycles. The van der Waals surface area contributed by atoms with E-state index in [1.165, 1.54) is 6.42 Å². The van der Waals surface area contributed by atoms with Gasteiger partial charge in [0.25, 0.3) is 0 Å². The van der Waals surface area contributed by atoms with E-state index >= 15 is 0 Å². The van der Waals surface area contributed by atoms with Gasteiger partial charge in [-0.3, -0.25) is 4.79 Å². The van der Waals surface area contributed by atoms with Gasteiger partial charge in [0, 0.05) is 0 Å². The summed E-state index contributed by atoms with van der Waals surface area (Å²) in [6, 6.07) is 0. The van der Waals surface area contributed by atoms with Crippen molar-refractivity contribution in [3.8, 4) is 0 Å². The lowest BCUT2D eigenvalue weighted by Gasteiger charge is -2.18. The number of hydrogen-bond acceptors (Lipinski definition) is 2. The first-order chi connectivity index (χ1) is 4.77. The molecule has 10 heavy (non-hydrogen) atoms. The molecular weight excluding hydrogens is 128 g/mol. The van der Waals surface area contributed by atoms with Crippen molar-refractivity contribution in [2.45, 2.75) is 19.8 Å². The van der Waals surface area contributed by atoms with Crippen LogP contribution in [0.2, 0.25) is 0 Å². The fourth-order valence-electron chi connectivity index (χ4n) is 2.15. The summed E-state index contributed by atoms with van der Waals surface area (Å²) in [7, 11) is 0. The summed E-state index contributed by atoms with van der Waals surface area (Å²) in [6.45, 7) is 2.83. The van der Waals surface area contributed by atoms with Crippen LogP contribution in [-0.4, -0.2) is 12.6 Å². The van der Waals surface area contributed by atoms with Gasteiger partial charge in [0.2, 0.25) is 0 Å². The van der Waals surface area contributed by atoms with E-state index in [2.05, 4.69) is 6.92 Å². The van der Waals surface area contributed by atoms with Crippen LogP contribution in [-0.2, 0) is 9.53 Å². The van der Waals surface area contributed by atoms with Crippen molar-refractivity contribution in [1.29, 1.82) is 0 Å². The van der Waals surface area contributed by atoms with Gasteiger partial charge in [-0.05, 0) is 24.7 Å². The summed E-state index contributed by atoms with van der Waals surface area (Å²) in [6.07, 6.45) is 2.27. The van der Waals surface area contributed by atoms with E-state index in [1.807, 2.05) is 0 Å². The predicted octanol–water partition coefficient (Wildman–Crippen LogP) is 1.21. The van der Waals surface area contributed by atoms with Gasteiger partial charge in [-0.1, -0.05) is 6.92 Å². The molecule has 1 saturated heterocycles. The van der Waals surface area contributed by atoms with Gasteiger partial charge in [-0.15, -0.1) is 0 Å². The number of esters is 1. The predicted molar refractivity (Wildman–Crippen MR) is 36.3 cm³/mol. The van der Waals surface area contributed by atoms with E-state index < -0.39 is 0 Å². The molecule has 2 rings (SSSR count). The second-order valence-electron chi connectivity index (χ2n) is 3.55. The van der Waals surface area contributed by atoms with Crippen LogP contribution in [0.15, 0.2) is 0 Å². The molecule has 1 aliphatic carbocycles. The Morgan fingerprint density at radius 2 is 2.30 bits per heavy atom. The third kappa shape index (κ3) is 0.746. The van der Waals surface area contributed by atoms with E-state index in [1.54, 1.807) is 0 Å². The Morgan fingerprint density at radius 3 is 3.00 bits per heavy atom. The highest BCUT2D eigenvalue weighted by Gasteiger charge is 2.41. The molecule has 1 saturated carbocycles. The van der Waals surface area contributed by atoms with Crippen LogP contribution in [0.5, 0.6) is 0 Å². The summed E-state index contributed by atoms with van der Waals surface area (Å²) >= 11 is 0. The summed E-state index contributed by atoms with van der Waals surface area (Å²) in [5, 5.41) is 0. The Kier molecular flexibility index (Phi) is 1.22. The molecule has 56 valence electrons. The van der Waals surface area contributed by atoms with Gasteiger partial charge >= 0.3 is 5.97 Å². The van der Waals surface area contributed by atoms with Gasteiger partial charge in [0.05, 0.1) is 12.5 Å². The molecular formula is C8H12O2. The third-order valence-electron chi connectivity index (χ3n) is 2.74.